The molecule has 1 atom stereocenters. The molecule has 1 unspecified atom stereocenters. The average Bonchev–Trinajstić information content (AvgIpc) is 3.36. The second kappa shape index (κ2) is 7.54. The molecule has 1 aliphatic rings. The Kier molecular flexibility index (Phi) is 4.92. The SMILES string of the molecule is COc1cc(OC)cc(-c2noc(C3CC(=O)N(c4cc(F)ccc4C)C3)n2)c1. The molecule has 3 aromatic rings. The van der Waals surface area contributed by atoms with Crippen molar-refractivity contribution in [2.75, 3.05) is 25.7 Å². The molecule has 0 spiro atoms. The third-order valence-electron chi connectivity index (χ3n) is 4.99. The molecule has 2 aromatic carbocycles. The lowest BCUT2D eigenvalue weighted by Gasteiger charge is -2.18. The number of aromatic nitrogens is 2. The molecule has 0 radical (unpaired) electrons. The number of benzene rings is 2. The first kappa shape index (κ1) is 18.9. The third kappa shape index (κ3) is 3.65. The summed E-state index contributed by atoms with van der Waals surface area (Å²) >= 11 is 0. The van der Waals surface area contributed by atoms with Crippen molar-refractivity contribution in [2.24, 2.45) is 0 Å². The summed E-state index contributed by atoms with van der Waals surface area (Å²) in [6.07, 6.45) is 0.221. The predicted octanol–water partition coefficient (Wildman–Crippen LogP) is 3.72. The molecule has 1 saturated heterocycles. The van der Waals surface area contributed by atoms with E-state index in [1.54, 1.807) is 43.4 Å². The number of carbonyl (C=O) groups excluding carboxylic acids is 1. The molecule has 1 aromatic heterocycles. The van der Waals surface area contributed by atoms with Crippen molar-refractivity contribution in [2.45, 2.75) is 19.3 Å². The van der Waals surface area contributed by atoms with Crippen LogP contribution in [0, 0.1) is 12.7 Å². The summed E-state index contributed by atoms with van der Waals surface area (Å²) < 4.78 is 29.7. The molecule has 1 fully saturated rings. The van der Waals surface area contributed by atoms with Crippen LogP contribution in [0.1, 0.15) is 23.8 Å². The number of carbonyl (C=O) groups is 1. The van der Waals surface area contributed by atoms with Gasteiger partial charge in [0.15, 0.2) is 0 Å². The summed E-state index contributed by atoms with van der Waals surface area (Å²) in [7, 11) is 3.13. The number of halogens is 1. The van der Waals surface area contributed by atoms with Crippen molar-refractivity contribution in [1.82, 2.24) is 10.1 Å². The summed E-state index contributed by atoms with van der Waals surface area (Å²) in [5.74, 6) is 1.21. The van der Waals surface area contributed by atoms with Crippen molar-refractivity contribution in [3.05, 3.63) is 53.7 Å². The Morgan fingerprint density at radius 3 is 2.55 bits per heavy atom. The number of ether oxygens (including phenoxy) is 2. The van der Waals surface area contributed by atoms with E-state index in [2.05, 4.69) is 10.1 Å². The Balaban J connectivity index is 1.59. The number of anilines is 1. The molecule has 1 aliphatic heterocycles. The fourth-order valence-corrected chi connectivity index (χ4v) is 3.43. The normalized spacial score (nSPS) is 16.3. The van der Waals surface area contributed by atoms with Gasteiger partial charge in [-0.25, -0.2) is 4.39 Å². The highest BCUT2D eigenvalue weighted by Crippen LogP contribution is 2.34. The molecule has 0 bridgehead atoms. The van der Waals surface area contributed by atoms with Crippen LogP contribution in [0.4, 0.5) is 10.1 Å². The second-order valence-electron chi connectivity index (χ2n) is 6.89. The van der Waals surface area contributed by atoms with Gasteiger partial charge in [0.1, 0.15) is 17.3 Å². The summed E-state index contributed by atoms with van der Waals surface area (Å²) in [6, 6.07) is 9.71. The average molecular weight is 397 g/mol. The van der Waals surface area contributed by atoms with E-state index in [9.17, 15) is 9.18 Å². The minimum Gasteiger partial charge on any atom is -0.497 e. The van der Waals surface area contributed by atoms with Gasteiger partial charge in [-0.15, -0.1) is 0 Å². The van der Waals surface area contributed by atoms with Gasteiger partial charge in [0, 0.05) is 30.3 Å². The Hall–Kier alpha value is -3.42. The summed E-state index contributed by atoms with van der Waals surface area (Å²) in [5, 5.41) is 4.05. The molecular formula is C21H20FN3O4. The number of nitrogens with zero attached hydrogens (tertiary/aromatic N) is 3. The molecular weight excluding hydrogens is 377 g/mol. The van der Waals surface area contributed by atoms with Gasteiger partial charge in [-0.3, -0.25) is 4.79 Å². The highest BCUT2D eigenvalue weighted by Gasteiger charge is 2.36. The van der Waals surface area contributed by atoms with Gasteiger partial charge in [0.2, 0.25) is 17.6 Å². The zero-order valence-electron chi connectivity index (χ0n) is 16.3. The van der Waals surface area contributed by atoms with Crippen LogP contribution >= 0.6 is 0 Å². The van der Waals surface area contributed by atoms with Gasteiger partial charge in [-0.2, -0.15) is 4.98 Å². The van der Waals surface area contributed by atoms with Crippen molar-refractivity contribution in [1.29, 1.82) is 0 Å². The third-order valence-corrected chi connectivity index (χ3v) is 4.99. The molecule has 4 rings (SSSR count). The molecule has 2 heterocycles. The lowest BCUT2D eigenvalue weighted by molar-refractivity contribution is -0.117. The number of amides is 1. The van der Waals surface area contributed by atoms with E-state index in [-0.39, 0.29) is 24.1 Å². The number of hydrogen-bond acceptors (Lipinski definition) is 6. The minimum absolute atomic E-state index is 0.105. The standard InChI is InChI=1S/C21H20FN3O4/c1-12-4-5-15(22)9-18(12)25-11-14(8-19(25)26)21-23-20(24-29-21)13-6-16(27-2)10-17(7-13)28-3/h4-7,9-10,14H,8,11H2,1-3H3. The van der Waals surface area contributed by atoms with Crippen LogP contribution in [-0.2, 0) is 4.79 Å². The van der Waals surface area contributed by atoms with Gasteiger partial charge in [0.05, 0.1) is 20.1 Å². The Morgan fingerprint density at radius 1 is 1.14 bits per heavy atom. The van der Waals surface area contributed by atoms with Crippen LogP contribution in [0.2, 0.25) is 0 Å². The summed E-state index contributed by atoms with van der Waals surface area (Å²) in [5.41, 5.74) is 2.07. The number of methoxy groups -OCH3 is 2. The summed E-state index contributed by atoms with van der Waals surface area (Å²) in [4.78, 5) is 18.6. The molecule has 0 N–H and O–H groups in total. The first-order chi connectivity index (χ1) is 14.0. The van der Waals surface area contributed by atoms with E-state index in [0.29, 0.717) is 41.0 Å². The molecule has 8 heteroatoms. The fraction of sp³-hybridized carbons (Fsp3) is 0.286. The van der Waals surface area contributed by atoms with Gasteiger partial charge >= 0.3 is 0 Å². The Labute approximate surface area is 167 Å². The molecule has 150 valence electrons. The molecule has 7 nitrogen and oxygen atoms in total. The van der Waals surface area contributed by atoms with Crippen LogP contribution in [0.5, 0.6) is 11.5 Å². The lowest BCUT2D eigenvalue weighted by Crippen LogP contribution is -2.25. The zero-order valence-corrected chi connectivity index (χ0v) is 16.3. The highest BCUT2D eigenvalue weighted by molar-refractivity contribution is 5.97. The zero-order chi connectivity index (χ0) is 20.5. The lowest BCUT2D eigenvalue weighted by atomic mass is 10.1. The second-order valence-corrected chi connectivity index (χ2v) is 6.89. The quantitative estimate of drug-likeness (QED) is 0.653. The molecule has 0 aliphatic carbocycles. The molecule has 1 amide bonds. The maximum Gasteiger partial charge on any atom is 0.232 e. The van der Waals surface area contributed by atoms with Gasteiger partial charge in [0.25, 0.3) is 0 Å². The van der Waals surface area contributed by atoms with Crippen molar-refractivity contribution in [3.63, 3.8) is 0 Å². The van der Waals surface area contributed by atoms with Crippen LogP contribution in [0.15, 0.2) is 40.9 Å². The Morgan fingerprint density at radius 2 is 1.86 bits per heavy atom. The fourth-order valence-electron chi connectivity index (χ4n) is 3.43. The maximum atomic E-state index is 13.7. The van der Waals surface area contributed by atoms with E-state index in [4.69, 9.17) is 14.0 Å². The van der Waals surface area contributed by atoms with Gasteiger partial charge in [-0.05, 0) is 36.8 Å². The van der Waals surface area contributed by atoms with E-state index in [1.165, 1.54) is 12.1 Å². The largest absolute Gasteiger partial charge is 0.497 e. The number of rotatable bonds is 5. The van der Waals surface area contributed by atoms with E-state index < -0.39 is 0 Å². The maximum absolute atomic E-state index is 13.7. The summed E-state index contributed by atoms with van der Waals surface area (Å²) in [6.45, 7) is 2.20. The molecule has 0 saturated carbocycles. The van der Waals surface area contributed by atoms with Crippen molar-refractivity contribution in [3.8, 4) is 22.9 Å². The van der Waals surface area contributed by atoms with E-state index in [1.807, 2.05) is 6.92 Å². The highest BCUT2D eigenvalue weighted by atomic mass is 19.1. The van der Waals surface area contributed by atoms with Crippen LogP contribution in [-0.4, -0.2) is 36.8 Å². The minimum atomic E-state index is -0.381. The first-order valence-electron chi connectivity index (χ1n) is 9.12. The van der Waals surface area contributed by atoms with Crippen LogP contribution in [0.3, 0.4) is 0 Å². The van der Waals surface area contributed by atoms with Gasteiger partial charge < -0.3 is 18.9 Å². The topological polar surface area (TPSA) is 77.7 Å². The van der Waals surface area contributed by atoms with Crippen LogP contribution < -0.4 is 14.4 Å². The van der Waals surface area contributed by atoms with Crippen LogP contribution in [0.25, 0.3) is 11.4 Å². The smallest absolute Gasteiger partial charge is 0.232 e. The van der Waals surface area contributed by atoms with Gasteiger partial charge in [-0.1, -0.05) is 11.2 Å². The predicted molar refractivity (Wildman–Crippen MR) is 104 cm³/mol. The first-order valence-corrected chi connectivity index (χ1v) is 9.12. The van der Waals surface area contributed by atoms with E-state index in [0.717, 1.165) is 5.56 Å². The number of hydrogen-bond donors (Lipinski definition) is 0. The monoisotopic (exact) mass is 397 g/mol. The van der Waals surface area contributed by atoms with E-state index >= 15 is 0 Å². The molecule has 29 heavy (non-hydrogen) atoms. The van der Waals surface area contributed by atoms with Crippen molar-refractivity contribution < 1.29 is 23.2 Å². The van der Waals surface area contributed by atoms with Crippen molar-refractivity contribution >= 4 is 11.6 Å². The number of aryl methyl sites for hydroxylation is 1. The Bertz CT molecular complexity index is 1040.